The maximum atomic E-state index is 12.2. The second-order valence-electron chi connectivity index (χ2n) is 4.41. The van der Waals surface area contributed by atoms with E-state index in [0.29, 0.717) is 16.3 Å². The van der Waals surface area contributed by atoms with E-state index in [-0.39, 0.29) is 11.7 Å². The normalized spacial score (nSPS) is 10.3. The Balaban J connectivity index is 2.28. The minimum atomic E-state index is -0.220. The number of carbonyl (C=O) groups excluding carboxylic acids is 1. The van der Waals surface area contributed by atoms with Crippen molar-refractivity contribution in [3.05, 3.63) is 58.1 Å². The zero-order chi connectivity index (χ0) is 14.0. The maximum Gasteiger partial charge on any atom is 0.255 e. The van der Waals surface area contributed by atoms with Crippen molar-refractivity contribution in [2.45, 2.75) is 13.8 Å². The fourth-order valence-corrected chi connectivity index (χ4v) is 1.99. The van der Waals surface area contributed by atoms with Crippen LogP contribution in [0, 0.1) is 13.8 Å². The van der Waals surface area contributed by atoms with Gasteiger partial charge in [-0.25, -0.2) is 0 Å². The van der Waals surface area contributed by atoms with Crippen LogP contribution in [0.25, 0.3) is 0 Å². The highest BCUT2D eigenvalue weighted by Gasteiger charge is 2.11. The SMILES string of the molecule is Cc1ccc(Cl)cc1NC(=O)c1ccc(O)cc1C. The van der Waals surface area contributed by atoms with Crippen LogP contribution in [0.3, 0.4) is 0 Å². The van der Waals surface area contributed by atoms with Crippen molar-refractivity contribution in [2.24, 2.45) is 0 Å². The lowest BCUT2D eigenvalue weighted by Crippen LogP contribution is -2.14. The minimum absolute atomic E-state index is 0.146. The molecule has 2 aromatic rings. The molecule has 0 fully saturated rings. The lowest BCUT2D eigenvalue weighted by molar-refractivity contribution is 0.102. The molecule has 19 heavy (non-hydrogen) atoms. The number of aryl methyl sites for hydroxylation is 2. The number of phenols is 1. The van der Waals surface area contributed by atoms with Gasteiger partial charge in [-0.15, -0.1) is 0 Å². The van der Waals surface area contributed by atoms with Crippen molar-refractivity contribution in [2.75, 3.05) is 5.32 Å². The fourth-order valence-electron chi connectivity index (χ4n) is 1.82. The molecule has 0 heterocycles. The molecule has 98 valence electrons. The highest BCUT2D eigenvalue weighted by Crippen LogP contribution is 2.22. The summed E-state index contributed by atoms with van der Waals surface area (Å²) in [7, 11) is 0. The van der Waals surface area contributed by atoms with Gasteiger partial charge in [0.05, 0.1) is 0 Å². The highest BCUT2D eigenvalue weighted by molar-refractivity contribution is 6.31. The summed E-state index contributed by atoms with van der Waals surface area (Å²) in [4.78, 5) is 12.2. The number of hydrogen-bond acceptors (Lipinski definition) is 2. The highest BCUT2D eigenvalue weighted by atomic mass is 35.5. The average molecular weight is 276 g/mol. The number of nitrogens with one attached hydrogen (secondary N) is 1. The molecular weight excluding hydrogens is 262 g/mol. The van der Waals surface area contributed by atoms with Gasteiger partial charge in [0.15, 0.2) is 0 Å². The largest absolute Gasteiger partial charge is 0.508 e. The molecular formula is C15H14ClNO2. The standard InChI is InChI=1S/C15H14ClNO2/c1-9-3-4-11(16)8-14(9)17-15(19)13-6-5-12(18)7-10(13)2/h3-8,18H,1-2H3,(H,17,19). The molecule has 4 heteroatoms. The Kier molecular flexibility index (Phi) is 3.76. The average Bonchev–Trinajstić information content (AvgIpc) is 2.33. The molecule has 0 saturated heterocycles. The number of rotatable bonds is 2. The van der Waals surface area contributed by atoms with Gasteiger partial charge in [-0.05, 0) is 55.3 Å². The summed E-state index contributed by atoms with van der Waals surface area (Å²) in [5, 5.41) is 12.7. The van der Waals surface area contributed by atoms with E-state index in [2.05, 4.69) is 5.32 Å². The van der Waals surface area contributed by atoms with Gasteiger partial charge in [0.1, 0.15) is 5.75 Å². The van der Waals surface area contributed by atoms with E-state index in [0.717, 1.165) is 11.1 Å². The van der Waals surface area contributed by atoms with Crippen LogP contribution in [-0.4, -0.2) is 11.0 Å². The molecule has 2 aromatic carbocycles. The Labute approximate surface area is 116 Å². The molecule has 2 N–H and O–H groups in total. The first kappa shape index (κ1) is 13.4. The zero-order valence-corrected chi connectivity index (χ0v) is 11.5. The molecule has 0 aliphatic carbocycles. The third-order valence-corrected chi connectivity index (χ3v) is 3.14. The topological polar surface area (TPSA) is 49.3 Å². The predicted molar refractivity (Wildman–Crippen MR) is 77.0 cm³/mol. The summed E-state index contributed by atoms with van der Waals surface area (Å²) in [5.74, 6) is -0.0733. The van der Waals surface area contributed by atoms with Gasteiger partial charge >= 0.3 is 0 Å². The van der Waals surface area contributed by atoms with Crippen molar-refractivity contribution in [1.82, 2.24) is 0 Å². The number of anilines is 1. The van der Waals surface area contributed by atoms with Crippen LogP contribution in [0.5, 0.6) is 5.75 Å². The van der Waals surface area contributed by atoms with Crippen LogP contribution in [0.4, 0.5) is 5.69 Å². The molecule has 0 bridgehead atoms. The fraction of sp³-hybridized carbons (Fsp3) is 0.133. The molecule has 1 amide bonds. The summed E-state index contributed by atoms with van der Waals surface area (Å²) < 4.78 is 0. The molecule has 0 aliphatic rings. The van der Waals surface area contributed by atoms with Crippen molar-refractivity contribution in [1.29, 1.82) is 0 Å². The van der Waals surface area contributed by atoms with E-state index >= 15 is 0 Å². The Morgan fingerprint density at radius 1 is 1.11 bits per heavy atom. The van der Waals surface area contributed by atoms with Crippen molar-refractivity contribution in [3.8, 4) is 5.75 Å². The molecule has 2 rings (SSSR count). The second-order valence-corrected chi connectivity index (χ2v) is 4.85. The first-order valence-corrected chi connectivity index (χ1v) is 6.22. The number of aromatic hydroxyl groups is 1. The molecule has 0 spiro atoms. The number of halogens is 1. The van der Waals surface area contributed by atoms with Crippen molar-refractivity contribution >= 4 is 23.2 Å². The molecule has 0 unspecified atom stereocenters. The van der Waals surface area contributed by atoms with Gasteiger partial charge in [0, 0.05) is 16.3 Å². The van der Waals surface area contributed by atoms with E-state index in [1.165, 1.54) is 6.07 Å². The number of amides is 1. The molecule has 0 aliphatic heterocycles. The number of phenolic OH excluding ortho intramolecular Hbond substituents is 1. The van der Waals surface area contributed by atoms with Crippen LogP contribution < -0.4 is 5.32 Å². The van der Waals surface area contributed by atoms with Crippen LogP contribution in [0.15, 0.2) is 36.4 Å². The number of hydrogen-bond donors (Lipinski definition) is 2. The molecule has 0 atom stereocenters. The van der Waals surface area contributed by atoms with Gasteiger partial charge in [-0.3, -0.25) is 4.79 Å². The van der Waals surface area contributed by atoms with Gasteiger partial charge in [0.25, 0.3) is 5.91 Å². The first-order chi connectivity index (χ1) is 8.97. The van der Waals surface area contributed by atoms with Crippen LogP contribution in [-0.2, 0) is 0 Å². The Bertz CT molecular complexity index is 638. The van der Waals surface area contributed by atoms with E-state index in [1.54, 1.807) is 31.2 Å². The van der Waals surface area contributed by atoms with Gasteiger partial charge < -0.3 is 10.4 Å². The minimum Gasteiger partial charge on any atom is -0.508 e. The first-order valence-electron chi connectivity index (χ1n) is 5.84. The molecule has 0 radical (unpaired) electrons. The lowest BCUT2D eigenvalue weighted by atomic mass is 10.1. The number of carbonyl (C=O) groups is 1. The third-order valence-electron chi connectivity index (χ3n) is 2.90. The van der Waals surface area contributed by atoms with Crippen LogP contribution in [0.1, 0.15) is 21.5 Å². The van der Waals surface area contributed by atoms with Crippen LogP contribution >= 0.6 is 11.6 Å². The van der Waals surface area contributed by atoms with Gasteiger partial charge in [-0.1, -0.05) is 17.7 Å². The van der Waals surface area contributed by atoms with Crippen molar-refractivity contribution in [3.63, 3.8) is 0 Å². The van der Waals surface area contributed by atoms with Crippen molar-refractivity contribution < 1.29 is 9.90 Å². The summed E-state index contributed by atoms with van der Waals surface area (Å²) in [5.41, 5.74) is 2.87. The molecule has 0 aromatic heterocycles. The Hall–Kier alpha value is -2.00. The molecule has 3 nitrogen and oxygen atoms in total. The van der Waals surface area contributed by atoms with Gasteiger partial charge in [0.2, 0.25) is 0 Å². The number of benzene rings is 2. The van der Waals surface area contributed by atoms with E-state index < -0.39 is 0 Å². The van der Waals surface area contributed by atoms with E-state index in [1.807, 2.05) is 13.0 Å². The second kappa shape index (κ2) is 5.33. The lowest BCUT2D eigenvalue weighted by Gasteiger charge is -2.10. The smallest absolute Gasteiger partial charge is 0.255 e. The third kappa shape index (κ3) is 3.06. The van der Waals surface area contributed by atoms with Gasteiger partial charge in [-0.2, -0.15) is 0 Å². The maximum absolute atomic E-state index is 12.2. The predicted octanol–water partition coefficient (Wildman–Crippen LogP) is 3.91. The monoisotopic (exact) mass is 275 g/mol. The van der Waals surface area contributed by atoms with E-state index in [9.17, 15) is 9.90 Å². The zero-order valence-electron chi connectivity index (χ0n) is 10.7. The Morgan fingerprint density at radius 3 is 2.53 bits per heavy atom. The summed E-state index contributed by atoms with van der Waals surface area (Å²) in [6.07, 6.45) is 0. The quantitative estimate of drug-likeness (QED) is 0.873. The van der Waals surface area contributed by atoms with Crippen LogP contribution in [0.2, 0.25) is 5.02 Å². The molecule has 0 saturated carbocycles. The summed E-state index contributed by atoms with van der Waals surface area (Å²) in [6, 6.07) is 9.98. The summed E-state index contributed by atoms with van der Waals surface area (Å²) in [6.45, 7) is 3.68. The summed E-state index contributed by atoms with van der Waals surface area (Å²) >= 11 is 5.91. The van der Waals surface area contributed by atoms with E-state index in [4.69, 9.17) is 11.6 Å². The Morgan fingerprint density at radius 2 is 1.84 bits per heavy atom.